The highest BCUT2D eigenvalue weighted by atomic mass is 15.3. The monoisotopic (exact) mass is 260 g/mol. The summed E-state index contributed by atoms with van der Waals surface area (Å²) in [6, 6.07) is 2.13. The molecule has 0 aliphatic carbocycles. The summed E-state index contributed by atoms with van der Waals surface area (Å²) in [5.41, 5.74) is 1.09. The summed E-state index contributed by atoms with van der Waals surface area (Å²) in [5, 5.41) is 0. The maximum Gasteiger partial charge on any atom is 0.227 e. The predicted molar refractivity (Wildman–Crippen MR) is 78.9 cm³/mol. The lowest BCUT2D eigenvalue weighted by molar-refractivity contribution is 0.726. The minimum Gasteiger partial charge on any atom is -0.356 e. The average Bonchev–Trinajstić information content (AvgIpc) is 2.81. The lowest BCUT2D eigenvalue weighted by Crippen LogP contribution is -2.28. The second-order valence-corrected chi connectivity index (χ2v) is 5.76. The second kappa shape index (κ2) is 5.76. The van der Waals surface area contributed by atoms with Gasteiger partial charge in [-0.1, -0.05) is 12.8 Å². The SMILES string of the molecule is Cc1cc(N2CCCC2)nc(N2CCCCCC2)n1. The second-order valence-electron chi connectivity index (χ2n) is 5.76. The third kappa shape index (κ3) is 2.99. The molecule has 0 amide bonds. The minimum absolute atomic E-state index is 0.948. The first-order valence-corrected chi connectivity index (χ1v) is 7.68. The lowest BCUT2D eigenvalue weighted by atomic mass is 10.2. The van der Waals surface area contributed by atoms with Gasteiger partial charge in [0, 0.05) is 37.9 Å². The maximum absolute atomic E-state index is 4.82. The van der Waals surface area contributed by atoms with E-state index in [0.29, 0.717) is 0 Å². The molecule has 0 radical (unpaired) electrons. The van der Waals surface area contributed by atoms with Gasteiger partial charge < -0.3 is 9.80 Å². The highest BCUT2D eigenvalue weighted by Crippen LogP contribution is 2.22. The Morgan fingerprint density at radius 3 is 2.05 bits per heavy atom. The fourth-order valence-electron chi connectivity index (χ4n) is 3.06. The molecule has 0 bridgehead atoms. The van der Waals surface area contributed by atoms with Gasteiger partial charge in [-0.15, -0.1) is 0 Å². The third-order valence-electron chi connectivity index (χ3n) is 4.15. The van der Waals surface area contributed by atoms with Gasteiger partial charge in [-0.05, 0) is 32.6 Å². The van der Waals surface area contributed by atoms with Crippen molar-refractivity contribution in [1.82, 2.24) is 9.97 Å². The zero-order valence-electron chi connectivity index (χ0n) is 11.9. The Hall–Kier alpha value is -1.32. The van der Waals surface area contributed by atoms with Crippen molar-refractivity contribution < 1.29 is 0 Å². The molecule has 4 nitrogen and oxygen atoms in total. The summed E-state index contributed by atoms with van der Waals surface area (Å²) in [6.45, 7) is 6.61. The van der Waals surface area contributed by atoms with E-state index in [0.717, 1.165) is 43.6 Å². The number of rotatable bonds is 2. The van der Waals surface area contributed by atoms with Crippen LogP contribution in [0.15, 0.2) is 6.07 Å². The lowest BCUT2D eigenvalue weighted by Gasteiger charge is -2.23. The van der Waals surface area contributed by atoms with Crippen LogP contribution >= 0.6 is 0 Å². The minimum atomic E-state index is 0.948. The molecule has 0 unspecified atom stereocenters. The van der Waals surface area contributed by atoms with Crippen LogP contribution in [-0.2, 0) is 0 Å². The number of hydrogen-bond acceptors (Lipinski definition) is 4. The van der Waals surface area contributed by atoms with E-state index in [1.165, 1.54) is 38.5 Å². The van der Waals surface area contributed by atoms with Crippen molar-refractivity contribution in [3.63, 3.8) is 0 Å². The van der Waals surface area contributed by atoms with Crippen LogP contribution in [0.5, 0.6) is 0 Å². The molecule has 1 aromatic heterocycles. The summed E-state index contributed by atoms with van der Waals surface area (Å²) in [4.78, 5) is 14.3. The van der Waals surface area contributed by atoms with Gasteiger partial charge in [-0.3, -0.25) is 0 Å². The largest absolute Gasteiger partial charge is 0.356 e. The molecule has 0 saturated carbocycles. The molecule has 2 aliphatic rings. The van der Waals surface area contributed by atoms with Crippen LogP contribution < -0.4 is 9.80 Å². The van der Waals surface area contributed by atoms with Crippen molar-refractivity contribution in [2.75, 3.05) is 36.0 Å². The molecule has 0 N–H and O–H groups in total. The van der Waals surface area contributed by atoms with Crippen molar-refractivity contribution in [3.05, 3.63) is 11.8 Å². The van der Waals surface area contributed by atoms with Crippen molar-refractivity contribution in [2.24, 2.45) is 0 Å². The Morgan fingerprint density at radius 2 is 1.37 bits per heavy atom. The first kappa shape index (κ1) is 12.7. The molecular formula is C15H24N4. The van der Waals surface area contributed by atoms with Gasteiger partial charge in [-0.2, -0.15) is 4.98 Å². The van der Waals surface area contributed by atoms with Gasteiger partial charge in [0.2, 0.25) is 5.95 Å². The van der Waals surface area contributed by atoms with Crippen LogP contribution in [0.2, 0.25) is 0 Å². The molecular weight excluding hydrogens is 236 g/mol. The van der Waals surface area contributed by atoms with E-state index in [9.17, 15) is 0 Å². The molecule has 3 rings (SSSR count). The Bertz CT molecular complexity index is 418. The first-order chi connectivity index (χ1) is 9.33. The van der Waals surface area contributed by atoms with Crippen LogP contribution in [0.25, 0.3) is 0 Å². The summed E-state index contributed by atoms with van der Waals surface area (Å²) in [7, 11) is 0. The first-order valence-electron chi connectivity index (χ1n) is 7.68. The molecule has 19 heavy (non-hydrogen) atoms. The molecule has 0 aromatic carbocycles. The zero-order chi connectivity index (χ0) is 13.1. The van der Waals surface area contributed by atoms with E-state index in [1.807, 2.05) is 0 Å². The van der Waals surface area contributed by atoms with Crippen LogP contribution in [0.1, 0.15) is 44.2 Å². The highest BCUT2D eigenvalue weighted by molar-refractivity contribution is 5.46. The van der Waals surface area contributed by atoms with Gasteiger partial charge in [0.1, 0.15) is 5.82 Å². The fourth-order valence-corrected chi connectivity index (χ4v) is 3.06. The molecule has 1 aromatic rings. The standard InChI is InChI=1S/C15H24N4/c1-13-12-14(18-8-6-7-9-18)17-15(16-13)19-10-4-2-3-5-11-19/h12H,2-11H2,1H3. The van der Waals surface area contributed by atoms with Gasteiger partial charge in [-0.25, -0.2) is 4.98 Å². The van der Waals surface area contributed by atoms with Gasteiger partial charge in [0.05, 0.1) is 0 Å². The van der Waals surface area contributed by atoms with E-state index >= 15 is 0 Å². The van der Waals surface area contributed by atoms with E-state index in [4.69, 9.17) is 4.98 Å². The molecule has 2 fully saturated rings. The van der Waals surface area contributed by atoms with Gasteiger partial charge >= 0.3 is 0 Å². The molecule has 0 spiro atoms. The molecule has 104 valence electrons. The highest BCUT2D eigenvalue weighted by Gasteiger charge is 2.18. The quantitative estimate of drug-likeness (QED) is 0.818. The molecule has 4 heteroatoms. The third-order valence-corrected chi connectivity index (χ3v) is 4.15. The van der Waals surface area contributed by atoms with E-state index in [-0.39, 0.29) is 0 Å². The fraction of sp³-hybridized carbons (Fsp3) is 0.733. The number of hydrogen-bond donors (Lipinski definition) is 0. The van der Waals surface area contributed by atoms with Crippen molar-refractivity contribution in [3.8, 4) is 0 Å². The summed E-state index contributed by atoms with van der Waals surface area (Å²) < 4.78 is 0. The van der Waals surface area contributed by atoms with Crippen LogP contribution in [0, 0.1) is 6.92 Å². The molecule has 3 heterocycles. The topological polar surface area (TPSA) is 32.3 Å². The average molecular weight is 260 g/mol. The summed E-state index contributed by atoms with van der Waals surface area (Å²) in [5.74, 6) is 2.08. The van der Waals surface area contributed by atoms with Crippen LogP contribution in [0.3, 0.4) is 0 Å². The Morgan fingerprint density at radius 1 is 0.789 bits per heavy atom. The normalized spacial score (nSPS) is 20.7. The number of aromatic nitrogens is 2. The molecule has 0 atom stereocenters. The zero-order valence-corrected chi connectivity index (χ0v) is 11.9. The Kier molecular flexibility index (Phi) is 3.85. The maximum atomic E-state index is 4.82. The van der Waals surface area contributed by atoms with Gasteiger partial charge in [0.25, 0.3) is 0 Å². The van der Waals surface area contributed by atoms with Gasteiger partial charge in [0.15, 0.2) is 0 Å². The molecule has 2 saturated heterocycles. The number of anilines is 2. The number of nitrogens with zero attached hydrogens (tertiary/aromatic N) is 4. The van der Waals surface area contributed by atoms with Crippen LogP contribution in [-0.4, -0.2) is 36.1 Å². The Labute approximate surface area is 115 Å². The smallest absolute Gasteiger partial charge is 0.227 e. The van der Waals surface area contributed by atoms with Crippen LogP contribution in [0.4, 0.5) is 11.8 Å². The summed E-state index contributed by atoms with van der Waals surface area (Å²) >= 11 is 0. The van der Waals surface area contributed by atoms with E-state index < -0.39 is 0 Å². The van der Waals surface area contributed by atoms with Crippen molar-refractivity contribution in [1.29, 1.82) is 0 Å². The predicted octanol–water partition coefficient (Wildman–Crippen LogP) is 2.77. The molecule has 2 aliphatic heterocycles. The van der Waals surface area contributed by atoms with Crippen molar-refractivity contribution in [2.45, 2.75) is 45.4 Å². The number of aryl methyl sites for hydroxylation is 1. The van der Waals surface area contributed by atoms with E-state index in [1.54, 1.807) is 0 Å². The summed E-state index contributed by atoms with van der Waals surface area (Å²) in [6.07, 6.45) is 7.83. The van der Waals surface area contributed by atoms with E-state index in [2.05, 4.69) is 27.8 Å². The Balaban J connectivity index is 1.83. The van der Waals surface area contributed by atoms with Crippen molar-refractivity contribution >= 4 is 11.8 Å².